The second kappa shape index (κ2) is 10.4. The summed E-state index contributed by atoms with van der Waals surface area (Å²) in [7, 11) is 0. The van der Waals surface area contributed by atoms with Crippen molar-refractivity contribution in [3.05, 3.63) is 71.5 Å². The molecule has 0 spiro atoms. The molecule has 4 heterocycles. The molecule has 6 rings (SSSR count). The van der Waals surface area contributed by atoms with Crippen molar-refractivity contribution in [3.8, 4) is 34.1 Å². The van der Waals surface area contributed by atoms with E-state index in [1.807, 2.05) is 22.9 Å². The van der Waals surface area contributed by atoms with Gasteiger partial charge in [0.1, 0.15) is 29.1 Å². The Balaban J connectivity index is 1.27. The van der Waals surface area contributed by atoms with Crippen LogP contribution < -0.4 is 26.4 Å². The average Bonchev–Trinajstić information content (AvgIpc) is 3.53. The molecule has 198 valence electrons. The molecular weight excluding hydrogens is 520 g/mol. The van der Waals surface area contributed by atoms with Crippen molar-refractivity contribution in [3.63, 3.8) is 0 Å². The molecule has 2 aliphatic rings. The molecule has 2 amide bonds. The van der Waals surface area contributed by atoms with Gasteiger partial charge in [-0.25, -0.2) is 9.97 Å². The number of hydrogen-bond donors (Lipinski definition) is 4. The number of aromatic nitrogens is 4. The number of nitrogens with one attached hydrogen (secondary N) is 3. The first-order valence-corrected chi connectivity index (χ1v) is 12.9. The predicted octanol–water partition coefficient (Wildman–Crippen LogP) is 3.00. The number of amides is 2. The smallest absolute Gasteiger partial charge is 0.267 e. The number of halogens is 1. The summed E-state index contributed by atoms with van der Waals surface area (Å²) >= 11 is 6.34. The lowest BCUT2D eigenvalue weighted by molar-refractivity contribution is -0.119. The average molecular weight is 545 g/mol. The van der Waals surface area contributed by atoms with Crippen LogP contribution >= 0.6 is 11.6 Å². The van der Waals surface area contributed by atoms with Crippen molar-refractivity contribution in [2.75, 3.05) is 25.0 Å². The highest BCUT2D eigenvalue weighted by Gasteiger charge is 2.25. The number of hydrogen-bond acceptors (Lipinski definition) is 8. The molecule has 12 heteroatoms. The topological polar surface area (TPSA) is 149 Å². The summed E-state index contributed by atoms with van der Waals surface area (Å²) in [5.74, 6) is 1.06. The third kappa shape index (κ3) is 5.14. The van der Waals surface area contributed by atoms with Crippen molar-refractivity contribution in [1.82, 2.24) is 30.4 Å². The van der Waals surface area contributed by atoms with Gasteiger partial charge >= 0.3 is 0 Å². The molecule has 0 radical (unpaired) electrons. The molecule has 4 aromatic rings. The molecule has 39 heavy (non-hydrogen) atoms. The van der Waals surface area contributed by atoms with E-state index >= 15 is 0 Å². The monoisotopic (exact) mass is 544 g/mol. The van der Waals surface area contributed by atoms with Crippen LogP contribution in [0.4, 0.5) is 5.82 Å². The van der Waals surface area contributed by atoms with Gasteiger partial charge in [0.15, 0.2) is 5.82 Å². The molecule has 0 bridgehead atoms. The van der Waals surface area contributed by atoms with E-state index in [1.165, 1.54) is 6.07 Å². The summed E-state index contributed by atoms with van der Waals surface area (Å²) in [5.41, 5.74) is 7.96. The van der Waals surface area contributed by atoms with E-state index in [0.717, 1.165) is 24.3 Å². The SMILES string of the molecule is NC(=O)c1cc(N[C@H]2CCNC2=O)nc(-c2ccc(Oc3ccc(Cl)cc3-c3ccnn3C3CNC3)cc2)n1. The lowest BCUT2D eigenvalue weighted by Gasteiger charge is -2.29. The minimum atomic E-state index is -0.690. The van der Waals surface area contributed by atoms with E-state index in [-0.39, 0.29) is 17.6 Å². The number of anilines is 1. The zero-order chi connectivity index (χ0) is 26.9. The van der Waals surface area contributed by atoms with E-state index in [9.17, 15) is 9.59 Å². The molecule has 2 aliphatic heterocycles. The number of rotatable bonds is 8. The highest BCUT2D eigenvalue weighted by Crippen LogP contribution is 2.37. The number of primary amides is 1. The molecule has 2 fully saturated rings. The van der Waals surface area contributed by atoms with Crippen LogP contribution in [0.25, 0.3) is 22.6 Å². The van der Waals surface area contributed by atoms with Crippen molar-refractivity contribution in [2.24, 2.45) is 5.73 Å². The Labute approximate surface area is 228 Å². The molecule has 0 unspecified atom stereocenters. The Morgan fingerprint density at radius 2 is 1.92 bits per heavy atom. The van der Waals surface area contributed by atoms with Gasteiger partial charge in [0, 0.05) is 48.0 Å². The van der Waals surface area contributed by atoms with E-state index in [4.69, 9.17) is 22.1 Å². The number of carbonyl (C=O) groups is 2. The fourth-order valence-corrected chi connectivity index (χ4v) is 4.71. The van der Waals surface area contributed by atoms with E-state index in [0.29, 0.717) is 46.7 Å². The summed E-state index contributed by atoms with van der Waals surface area (Å²) in [4.78, 5) is 32.7. The van der Waals surface area contributed by atoms with Crippen LogP contribution in [0.1, 0.15) is 23.0 Å². The van der Waals surface area contributed by atoms with Gasteiger partial charge in [-0.1, -0.05) is 11.6 Å². The lowest BCUT2D eigenvalue weighted by Crippen LogP contribution is -2.44. The summed E-state index contributed by atoms with van der Waals surface area (Å²) in [6, 6.07) is 15.9. The Hall–Kier alpha value is -4.48. The van der Waals surface area contributed by atoms with Gasteiger partial charge in [-0.2, -0.15) is 5.10 Å². The van der Waals surface area contributed by atoms with Crippen LogP contribution in [0.3, 0.4) is 0 Å². The van der Waals surface area contributed by atoms with Gasteiger partial charge in [-0.05, 0) is 55.0 Å². The quantitative estimate of drug-likeness (QED) is 0.264. The molecule has 5 N–H and O–H groups in total. The molecule has 11 nitrogen and oxygen atoms in total. The van der Waals surface area contributed by atoms with Gasteiger partial charge in [0.25, 0.3) is 5.91 Å². The summed E-state index contributed by atoms with van der Waals surface area (Å²) < 4.78 is 8.25. The fraction of sp³-hybridized carbons (Fsp3) is 0.222. The van der Waals surface area contributed by atoms with Crippen molar-refractivity contribution >= 4 is 29.2 Å². The van der Waals surface area contributed by atoms with Gasteiger partial charge in [-0.15, -0.1) is 0 Å². The third-order valence-electron chi connectivity index (χ3n) is 6.68. The van der Waals surface area contributed by atoms with E-state index in [1.54, 1.807) is 36.5 Å². The number of benzene rings is 2. The first kappa shape index (κ1) is 24.8. The van der Waals surface area contributed by atoms with Crippen LogP contribution in [0.15, 0.2) is 60.8 Å². The van der Waals surface area contributed by atoms with Gasteiger partial charge in [0.05, 0.1) is 11.7 Å². The number of carbonyl (C=O) groups excluding carboxylic acids is 2. The highest BCUT2D eigenvalue weighted by atomic mass is 35.5. The highest BCUT2D eigenvalue weighted by molar-refractivity contribution is 6.31. The molecule has 0 saturated carbocycles. The normalized spacial score (nSPS) is 16.9. The van der Waals surface area contributed by atoms with Crippen LogP contribution in [-0.4, -0.2) is 57.2 Å². The zero-order valence-electron chi connectivity index (χ0n) is 20.7. The molecule has 0 aliphatic carbocycles. The first-order valence-electron chi connectivity index (χ1n) is 12.5. The Morgan fingerprint density at radius 3 is 2.62 bits per heavy atom. The largest absolute Gasteiger partial charge is 0.457 e. The lowest BCUT2D eigenvalue weighted by atomic mass is 10.1. The fourth-order valence-electron chi connectivity index (χ4n) is 4.54. The number of nitrogens with zero attached hydrogens (tertiary/aromatic N) is 4. The summed E-state index contributed by atoms with van der Waals surface area (Å²) in [6.07, 6.45) is 2.39. The minimum Gasteiger partial charge on any atom is -0.457 e. The van der Waals surface area contributed by atoms with Crippen molar-refractivity contribution in [2.45, 2.75) is 18.5 Å². The maximum absolute atomic E-state index is 12.0. The van der Waals surface area contributed by atoms with E-state index in [2.05, 4.69) is 31.0 Å². The second-order valence-corrected chi connectivity index (χ2v) is 9.78. The van der Waals surface area contributed by atoms with Crippen molar-refractivity contribution in [1.29, 1.82) is 0 Å². The van der Waals surface area contributed by atoms with Crippen molar-refractivity contribution < 1.29 is 14.3 Å². The van der Waals surface area contributed by atoms with Crippen LogP contribution in [0.5, 0.6) is 11.5 Å². The van der Waals surface area contributed by atoms with Gasteiger partial charge in [-0.3, -0.25) is 14.3 Å². The van der Waals surface area contributed by atoms with Gasteiger partial charge in [0.2, 0.25) is 5.91 Å². The van der Waals surface area contributed by atoms with Gasteiger partial charge < -0.3 is 26.4 Å². The number of nitrogens with two attached hydrogens (primary N) is 1. The van der Waals surface area contributed by atoms with Crippen LogP contribution in [-0.2, 0) is 4.79 Å². The Kier molecular flexibility index (Phi) is 6.59. The Morgan fingerprint density at radius 1 is 1.10 bits per heavy atom. The standard InChI is InChI=1S/C27H25ClN8O3/c28-16-3-6-23(19(11-16)22-8-10-32-36(22)17-13-30-14-17)39-18-4-1-15(2-5-18)26-34-21(25(29)37)12-24(35-26)33-20-7-9-31-27(20)38/h1-6,8,10-12,17,20,30H,7,9,13-14H2,(H2,29,37)(H,31,38)(H,33,34,35)/t20-/m0/s1. The third-order valence-corrected chi connectivity index (χ3v) is 6.92. The maximum atomic E-state index is 12.0. The van der Waals surface area contributed by atoms with Crippen LogP contribution in [0, 0.1) is 0 Å². The summed E-state index contributed by atoms with van der Waals surface area (Å²) in [5, 5.41) is 14.2. The minimum absolute atomic E-state index is 0.0466. The second-order valence-electron chi connectivity index (χ2n) is 9.34. The molecular formula is C27H25ClN8O3. The number of ether oxygens (including phenoxy) is 1. The Bertz CT molecular complexity index is 1550. The first-order chi connectivity index (χ1) is 18.9. The molecule has 2 aromatic heterocycles. The molecule has 2 saturated heterocycles. The maximum Gasteiger partial charge on any atom is 0.267 e. The van der Waals surface area contributed by atoms with E-state index < -0.39 is 11.9 Å². The zero-order valence-corrected chi connectivity index (χ0v) is 21.5. The molecule has 2 aromatic carbocycles. The molecule has 1 atom stereocenters. The van der Waals surface area contributed by atoms with Crippen LogP contribution in [0.2, 0.25) is 5.02 Å². The summed E-state index contributed by atoms with van der Waals surface area (Å²) in [6.45, 7) is 2.29. The predicted molar refractivity (Wildman–Crippen MR) is 146 cm³/mol.